The minimum absolute atomic E-state index is 0.241. The van der Waals surface area contributed by atoms with E-state index in [9.17, 15) is 0 Å². The van der Waals surface area contributed by atoms with E-state index in [2.05, 4.69) is 20.5 Å². The second-order valence-corrected chi connectivity index (χ2v) is 5.35. The van der Waals surface area contributed by atoms with Crippen LogP contribution in [0.3, 0.4) is 0 Å². The van der Waals surface area contributed by atoms with Gasteiger partial charge in [0.05, 0.1) is 11.4 Å². The molecule has 0 fully saturated rings. The van der Waals surface area contributed by atoms with Crippen molar-refractivity contribution in [2.75, 3.05) is 6.79 Å². The van der Waals surface area contributed by atoms with Crippen molar-refractivity contribution < 1.29 is 9.47 Å². The van der Waals surface area contributed by atoms with E-state index in [-0.39, 0.29) is 6.79 Å². The van der Waals surface area contributed by atoms with Gasteiger partial charge in [0, 0.05) is 11.1 Å². The van der Waals surface area contributed by atoms with Gasteiger partial charge in [-0.25, -0.2) is 4.98 Å². The third-order valence-corrected chi connectivity index (χ3v) is 3.91. The van der Waals surface area contributed by atoms with Gasteiger partial charge >= 0.3 is 0 Å². The maximum absolute atomic E-state index is 5.47. The average Bonchev–Trinajstić information content (AvgIpc) is 3.29. The van der Waals surface area contributed by atoms with Crippen molar-refractivity contribution in [2.45, 2.75) is 0 Å². The zero-order valence-electron chi connectivity index (χ0n) is 12.5. The molecule has 0 aliphatic carbocycles. The third-order valence-electron chi connectivity index (χ3n) is 3.91. The summed E-state index contributed by atoms with van der Waals surface area (Å²) in [6.45, 7) is 0.241. The lowest BCUT2D eigenvalue weighted by Crippen LogP contribution is -1.99. The Bertz CT molecular complexity index is 1050. The Morgan fingerprint density at radius 1 is 0.875 bits per heavy atom. The van der Waals surface area contributed by atoms with Gasteiger partial charge in [-0.3, -0.25) is 0 Å². The van der Waals surface area contributed by atoms with Crippen LogP contribution in [0.4, 0.5) is 0 Å². The molecule has 2 aromatic carbocycles. The summed E-state index contributed by atoms with van der Waals surface area (Å²) in [4.78, 5) is 4.54. The predicted molar refractivity (Wildman–Crippen MR) is 85.6 cm³/mol. The summed E-state index contributed by atoms with van der Waals surface area (Å²) < 4.78 is 12.5. The van der Waals surface area contributed by atoms with E-state index in [1.54, 1.807) is 4.52 Å². The topological polar surface area (TPSA) is 74.4 Å². The molecule has 0 spiro atoms. The van der Waals surface area contributed by atoms with E-state index in [4.69, 9.17) is 9.47 Å². The summed E-state index contributed by atoms with van der Waals surface area (Å²) in [6.07, 6.45) is 0. The summed E-state index contributed by atoms with van der Waals surface area (Å²) in [5.41, 5.74) is 3.58. The Hall–Kier alpha value is -3.48. The van der Waals surface area contributed by atoms with Crippen LogP contribution in [0.1, 0.15) is 0 Å². The number of tetrazole rings is 1. The molecular weight excluding hydrogens is 306 g/mol. The fraction of sp³-hybridized carbons (Fsp3) is 0.0588. The Balaban J connectivity index is 1.74. The van der Waals surface area contributed by atoms with Gasteiger partial charge in [0.2, 0.25) is 6.79 Å². The summed E-state index contributed by atoms with van der Waals surface area (Å²) in [5.74, 6) is 1.90. The molecule has 24 heavy (non-hydrogen) atoms. The molecule has 0 unspecified atom stereocenters. The van der Waals surface area contributed by atoms with Crippen molar-refractivity contribution in [2.24, 2.45) is 0 Å². The van der Waals surface area contributed by atoms with Crippen molar-refractivity contribution in [3.8, 4) is 34.0 Å². The lowest BCUT2D eigenvalue weighted by Gasteiger charge is -2.08. The maximum Gasteiger partial charge on any atom is 0.274 e. The van der Waals surface area contributed by atoms with E-state index in [0.29, 0.717) is 11.5 Å². The van der Waals surface area contributed by atoms with Gasteiger partial charge in [0.1, 0.15) is 0 Å². The molecule has 1 aliphatic rings. The smallest absolute Gasteiger partial charge is 0.274 e. The first-order valence-electron chi connectivity index (χ1n) is 7.43. The molecule has 0 radical (unpaired) electrons. The van der Waals surface area contributed by atoms with Crippen LogP contribution in [0.15, 0.2) is 54.6 Å². The second-order valence-electron chi connectivity index (χ2n) is 5.35. The molecule has 0 bridgehead atoms. The van der Waals surface area contributed by atoms with Crippen LogP contribution in [-0.4, -0.2) is 31.8 Å². The molecule has 7 nitrogen and oxygen atoms in total. The van der Waals surface area contributed by atoms with Crippen LogP contribution in [-0.2, 0) is 0 Å². The highest BCUT2D eigenvalue weighted by molar-refractivity contribution is 5.72. The Kier molecular flexibility index (Phi) is 2.72. The molecule has 0 saturated heterocycles. The Morgan fingerprint density at radius 2 is 1.75 bits per heavy atom. The summed E-state index contributed by atoms with van der Waals surface area (Å²) >= 11 is 0. The van der Waals surface area contributed by atoms with E-state index >= 15 is 0 Å². The van der Waals surface area contributed by atoms with Gasteiger partial charge in [-0.05, 0) is 34.7 Å². The standard InChI is InChI=1S/C17H11N5O2/c1-2-4-11(5-3-1)13-9-14(22-17(18-13)19-20-21-22)12-6-7-15-16(8-12)24-10-23-15/h1-9H,10H2. The first-order chi connectivity index (χ1) is 11.9. The largest absolute Gasteiger partial charge is 0.454 e. The van der Waals surface area contributed by atoms with Crippen LogP contribution in [0.25, 0.3) is 28.3 Å². The molecule has 5 rings (SSSR count). The van der Waals surface area contributed by atoms with Gasteiger partial charge in [0.15, 0.2) is 11.5 Å². The predicted octanol–water partition coefficient (Wildman–Crippen LogP) is 2.58. The number of rotatable bonds is 2. The van der Waals surface area contributed by atoms with E-state index in [0.717, 1.165) is 28.3 Å². The Morgan fingerprint density at radius 3 is 2.67 bits per heavy atom. The van der Waals surface area contributed by atoms with E-state index < -0.39 is 0 Å². The highest BCUT2D eigenvalue weighted by atomic mass is 16.7. The molecule has 3 heterocycles. The van der Waals surface area contributed by atoms with Crippen molar-refractivity contribution in [3.05, 3.63) is 54.6 Å². The van der Waals surface area contributed by atoms with E-state index in [1.165, 1.54) is 0 Å². The van der Waals surface area contributed by atoms with Crippen molar-refractivity contribution >= 4 is 5.78 Å². The number of ether oxygens (including phenoxy) is 2. The quantitative estimate of drug-likeness (QED) is 0.566. The summed E-state index contributed by atoms with van der Waals surface area (Å²) in [7, 11) is 0. The van der Waals surface area contributed by atoms with E-state index in [1.807, 2.05) is 54.6 Å². The Labute approximate surface area is 136 Å². The number of nitrogens with zero attached hydrogens (tertiary/aromatic N) is 5. The van der Waals surface area contributed by atoms with Crippen LogP contribution < -0.4 is 9.47 Å². The highest BCUT2D eigenvalue weighted by Gasteiger charge is 2.17. The van der Waals surface area contributed by atoms with Gasteiger partial charge < -0.3 is 9.47 Å². The third kappa shape index (κ3) is 1.98. The van der Waals surface area contributed by atoms with Gasteiger partial charge in [-0.2, -0.15) is 4.52 Å². The first-order valence-corrected chi connectivity index (χ1v) is 7.43. The molecule has 4 aromatic rings. The lowest BCUT2D eigenvalue weighted by atomic mass is 10.1. The molecule has 0 saturated carbocycles. The normalized spacial score (nSPS) is 12.7. The fourth-order valence-corrected chi connectivity index (χ4v) is 2.76. The number of aromatic nitrogens is 5. The number of hydrogen-bond acceptors (Lipinski definition) is 6. The summed E-state index contributed by atoms with van der Waals surface area (Å²) in [5, 5.41) is 11.8. The molecule has 1 aliphatic heterocycles. The molecule has 7 heteroatoms. The lowest BCUT2D eigenvalue weighted by molar-refractivity contribution is 0.174. The highest BCUT2D eigenvalue weighted by Crippen LogP contribution is 2.36. The zero-order valence-corrected chi connectivity index (χ0v) is 12.5. The van der Waals surface area contributed by atoms with Gasteiger partial charge in [-0.1, -0.05) is 35.4 Å². The van der Waals surface area contributed by atoms with Crippen LogP contribution in [0, 0.1) is 0 Å². The molecule has 0 N–H and O–H groups in total. The average molecular weight is 317 g/mol. The number of fused-ring (bicyclic) bond motifs is 2. The fourth-order valence-electron chi connectivity index (χ4n) is 2.76. The molecule has 116 valence electrons. The zero-order chi connectivity index (χ0) is 15.9. The van der Waals surface area contributed by atoms with Crippen molar-refractivity contribution in [1.29, 1.82) is 0 Å². The second kappa shape index (κ2) is 5.02. The summed E-state index contributed by atoms with van der Waals surface area (Å²) in [6, 6.07) is 17.7. The monoisotopic (exact) mass is 317 g/mol. The number of benzene rings is 2. The minimum Gasteiger partial charge on any atom is -0.454 e. The number of hydrogen-bond donors (Lipinski definition) is 0. The first kappa shape index (κ1) is 13.0. The molecule has 0 atom stereocenters. The molecular formula is C17H11N5O2. The maximum atomic E-state index is 5.47. The van der Waals surface area contributed by atoms with Crippen LogP contribution in [0.2, 0.25) is 0 Å². The SMILES string of the molecule is c1ccc(-c2cc(-c3ccc4c(c3)OCO4)n3nnnc3n2)cc1. The van der Waals surface area contributed by atoms with Gasteiger partial charge in [-0.15, -0.1) is 0 Å². The van der Waals surface area contributed by atoms with Crippen LogP contribution in [0.5, 0.6) is 11.5 Å². The van der Waals surface area contributed by atoms with Crippen molar-refractivity contribution in [3.63, 3.8) is 0 Å². The minimum atomic E-state index is 0.241. The molecule has 2 aromatic heterocycles. The van der Waals surface area contributed by atoms with Crippen molar-refractivity contribution in [1.82, 2.24) is 25.0 Å². The van der Waals surface area contributed by atoms with Gasteiger partial charge in [0.25, 0.3) is 5.78 Å². The molecule has 0 amide bonds. The van der Waals surface area contributed by atoms with Crippen LogP contribution >= 0.6 is 0 Å².